The van der Waals surface area contributed by atoms with Crippen LogP contribution in [0.5, 0.6) is 0 Å². The molecule has 0 saturated carbocycles. The van der Waals surface area contributed by atoms with Gasteiger partial charge in [-0.1, -0.05) is 12.1 Å². The van der Waals surface area contributed by atoms with Crippen molar-refractivity contribution in [3.05, 3.63) is 78.0 Å². The molecule has 0 radical (unpaired) electrons. The van der Waals surface area contributed by atoms with Crippen molar-refractivity contribution < 1.29 is 35.2 Å². The van der Waals surface area contributed by atoms with Crippen molar-refractivity contribution >= 4 is 27.6 Å². The van der Waals surface area contributed by atoms with Gasteiger partial charge in [0.15, 0.2) is 11.6 Å². The summed E-state index contributed by atoms with van der Waals surface area (Å²) in [5.74, 6) is -2.44. The molecule has 1 amide bonds. The molecular weight excluding hydrogens is 496 g/mol. The number of anilines is 1. The summed E-state index contributed by atoms with van der Waals surface area (Å²) >= 11 is 0. The maximum absolute atomic E-state index is 13.4. The van der Waals surface area contributed by atoms with Crippen LogP contribution in [0.2, 0.25) is 0 Å². The number of halogens is 4. The van der Waals surface area contributed by atoms with E-state index in [0.29, 0.717) is 0 Å². The number of guanidine groups is 1. The van der Waals surface area contributed by atoms with E-state index in [-0.39, 0.29) is 18.0 Å². The van der Waals surface area contributed by atoms with E-state index in [4.69, 9.17) is 4.42 Å². The SMILES string of the molecule is C[C@@H](Cc1ncc(F)cn1)S(=O)(=O)/N=C(\NNC(=O)c1ccco1)Nc1ccccc1C(F)(F)F. The van der Waals surface area contributed by atoms with Crippen LogP contribution in [0.25, 0.3) is 0 Å². The Morgan fingerprint density at radius 3 is 2.43 bits per heavy atom. The second-order valence-electron chi connectivity index (χ2n) is 7.01. The number of hydrogen-bond donors (Lipinski definition) is 3. The van der Waals surface area contributed by atoms with E-state index in [1.54, 1.807) is 0 Å². The Kier molecular flexibility index (Phi) is 7.68. The number of carbonyl (C=O) groups is 1. The summed E-state index contributed by atoms with van der Waals surface area (Å²) in [6.07, 6.45) is -2.10. The topological polar surface area (TPSA) is 139 Å². The molecule has 3 rings (SSSR count). The second kappa shape index (κ2) is 10.5. The van der Waals surface area contributed by atoms with Crippen molar-refractivity contribution in [2.24, 2.45) is 4.40 Å². The van der Waals surface area contributed by atoms with Crippen molar-refractivity contribution in [2.45, 2.75) is 24.8 Å². The zero-order valence-electron chi connectivity index (χ0n) is 17.9. The predicted octanol–water partition coefficient (Wildman–Crippen LogP) is 2.89. The maximum atomic E-state index is 13.4. The maximum Gasteiger partial charge on any atom is 0.418 e. The van der Waals surface area contributed by atoms with E-state index in [2.05, 4.69) is 30.5 Å². The summed E-state index contributed by atoms with van der Waals surface area (Å²) < 4.78 is 87.2. The van der Waals surface area contributed by atoms with Crippen LogP contribution in [0.1, 0.15) is 28.9 Å². The van der Waals surface area contributed by atoms with Crippen LogP contribution >= 0.6 is 0 Å². The largest absolute Gasteiger partial charge is 0.459 e. The van der Waals surface area contributed by atoms with Crippen LogP contribution in [0, 0.1) is 5.82 Å². The number of amides is 1. The summed E-state index contributed by atoms with van der Waals surface area (Å²) in [5, 5.41) is 0.992. The summed E-state index contributed by atoms with van der Waals surface area (Å²) in [6, 6.07) is 7.01. The predicted molar refractivity (Wildman–Crippen MR) is 116 cm³/mol. The van der Waals surface area contributed by atoms with Crippen molar-refractivity contribution in [3.63, 3.8) is 0 Å². The highest BCUT2D eigenvalue weighted by Gasteiger charge is 2.33. The third-order valence-corrected chi connectivity index (χ3v) is 6.02. The lowest BCUT2D eigenvalue weighted by Gasteiger charge is -2.17. The van der Waals surface area contributed by atoms with Crippen molar-refractivity contribution in [2.75, 3.05) is 5.32 Å². The summed E-state index contributed by atoms with van der Waals surface area (Å²) in [6.45, 7) is 1.26. The van der Waals surface area contributed by atoms with Gasteiger partial charge in [-0.05, 0) is 31.2 Å². The lowest BCUT2D eigenvalue weighted by Crippen LogP contribution is -2.45. The fraction of sp³-hybridized carbons (Fsp3) is 0.200. The van der Waals surface area contributed by atoms with Crippen LogP contribution < -0.4 is 16.2 Å². The average Bonchev–Trinajstić information content (AvgIpc) is 3.33. The molecule has 1 aromatic carbocycles. The van der Waals surface area contributed by atoms with Gasteiger partial charge in [-0.15, -0.1) is 4.40 Å². The number of rotatable bonds is 6. The Morgan fingerprint density at radius 1 is 1.11 bits per heavy atom. The Balaban J connectivity index is 1.89. The molecular formula is C20H18F4N6O4S. The first kappa shape index (κ1) is 25.6. The van der Waals surface area contributed by atoms with Crippen LogP contribution in [-0.2, 0) is 22.6 Å². The molecule has 15 heteroatoms. The number of hydrazine groups is 1. The van der Waals surface area contributed by atoms with Gasteiger partial charge < -0.3 is 9.73 Å². The van der Waals surface area contributed by atoms with Gasteiger partial charge in [0.1, 0.15) is 5.82 Å². The second-order valence-corrected chi connectivity index (χ2v) is 9.03. The molecule has 2 aromatic heterocycles. The molecule has 3 aromatic rings. The van der Waals surface area contributed by atoms with Gasteiger partial charge in [-0.2, -0.15) is 13.2 Å². The van der Waals surface area contributed by atoms with Gasteiger partial charge in [0.25, 0.3) is 10.0 Å². The standard InChI is InChI=1S/C20H18F4N6O4S/c1-12(9-17-25-10-13(21)11-26-17)35(32,33)30-19(29-28-18(31)16-7-4-8-34-16)27-15-6-3-2-5-14(15)20(22,23)24/h2-8,10-12H,9H2,1H3,(H,28,31)(H2,27,29,30)/t12-/m0/s1. The summed E-state index contributed by atoms with van der Waals surface area (Å²) in [4.78, 5) is 19.5. The Labute approximate surface area is 196 Å². The molecule has 0 unspecified atom stereocenters. The molecule has 0 saturated heterocycles. The first-order valence-electron chi connectivity index (χ1n) is 9.79. The zero-order chi connectivity index (χ0) is 25.6. The van der Waals surface area contributed by atoms with Crippen LogP contribution in [0.4, 0.5) is 23.2 Å². The number of sulfonamides is 1. The first-order chi connectivity index (χ1) is 16.5. The number of aromatic nitrogens is 2. The highest BCUT2D eigenvalue weighted by atomic mass is 32.2. The Bertz CT molecular complexity index is 1300. The molecule has 1 atom stereocenters. The number of hydrogen-bond acceptors (Lipinski definition) is 6. The van der Waals surface area contributed by atoms with E-state index in [0.717, 1.165) is 30.6 Å². The van der Waals surface area contributed by atoms with Crippen LogP contribution in [0.15, 0.2) is 63.9 Å². The van der Waals surface area contributed by atoms with E-state index < -0.39 is 50.4 Å². The van der Waals surface area contributed by atoms with Gasteiger partial charge in [0, 0.05) is 6.42 Å². The van der Waals surface area contributed by atoms with Crippen LogP contribution in [0.3, 0.4) is 0 Å². The van der Waals surface area contributed by atoms with E-state index in [1.165, 1.54) is 31.4 Å². The number of nitrogens with one attached hydrogen (secondary N) is 3. The zero-order valence-corrected chi connectivity index (χ0v) is 18.7. The lowest BCUT2D eigenvalue weighted by molar-refractivity contribution is -0.136. The lowest BCUT2D eigenvalue weighted by atomic mass is 10.1. The van der Waals surface area contributed by atoms with Gasteiger partial charge in [0.2, 0.25) is 5.96 Å². The minimum absolute atomic E-state index is 0.00804. The number of nitrogens with zero attached hydrogens (tertiary/aromatic N) is 3. The fourth-order valence-corrected chi connectivity index (χ4v) is 3.54. The Morgan fingerprint density at radius 2 is 1.80 bits per heavy atom. The minimum Gasteiger partial charge on any atom is -0.459 e. The molecule has 0 aliphatic heterocycles. The molecule has 10 nitrogen and oxygen atoms in total. The number of furan rings is 1. The quantitative estimate of drug-likeness (QED) is 0.198. The molecule has 0 aliphatic carbocycles. The molecule has 0 bridgehead atoms. The third-order valence-electron chi connectivity index (χ3n) is 4.40. The summed E-state index contributed by atoms with van der Waals surface area (Å²) in [5.41, 5.74) is 2.64. The van der Waals surface area contributed by atoms with Crippen molar-refractivity contribution in [1.29, 1.82) is 0 Å². The summed E-state index contributed by atoms with van der Waals surface area (Å²) in [7, 11) is -4.40. The van der Waals surface area contributed by atoms with E-state index in [9.17, 15) is 30.8 Å². The van der Waals surface area contributed by atoms with Gasteiger partial charge in [0.05, 0.1) is 35.2 Å². The number of para-hydroxylation sites is 1. The number of carbonyl (C=O) groups excluding carboxylic acids is 1. The first-order valence-corrected chi connectivity index (χ1v) is 11.3. The molecule has 0 spiro atoms. The fourth-order valence-electron chi connectivity index (χ4n) is 2.65. The number of alkyl halides is 3. The average molecular weight is 514 g/mol. The van der Waals surface area contributed by atoms with Gasteiger partial charge in [-0.25, -0.2) is 22.8 Å². The molecule has 186 valence electrons. The third kappa shape index (κ3) is 6.99. The van der Waals surface area contributed by atoms with Gasteiger partial charge >= 0.3 is 12.1 Å². The highest BCUT2D eigenvalue weighted by molar-refractivity contribution is 7.90. The van der Waals surface area contributed by atoms with Gasteiger partial charge in [-0.3, -0.25) is 15.6 Å². The molecule has 0 aliphatic rings. The normalized spacial score (nSPS) is 13.2. The van der Waals surface area contributed by atoms with Crippen molar-refractivity contribution in [1.82, 2.24) is 20.8 Å². The monoisotopic (exact) mass is 514 g/mol. The molecule has 0 fully saturated rings. The van der Waals surface area contributed by atoms with E-state index in [1.807, 2.05) is 0 Å². The molecule has 2 heterocycles. The molecule has 35 heavy (non-hydrogen) atoms. The molecule has 3 N–H and O–H groups in total. The highest BCUT2D eigenvalue weighted by Crippen LogP contribution is 2.34. The van der Waals surface area contributed by atoms with Crippen molar-refractivity contribution in [3.8, 4) is 0 Å². The van der Waals surface area contributed by atoms with Crippen LogP contribution in [-0.4, -0.2) is 35.5 Å². The number of benzene rings is 1. The van der Waals surface area contributed by atoms with E-state index >= 15 is 0 Å². The minimum atomic E-state index is -4.77. The Hall–Kier alpha value is -4.01. The smallest absolute Gasteiger partial charge is 0.418 e.